The van der Waals surface area contributed by atoms with Crippen LogP contribution < -0.4 is 4.90 Å². The van der Waals surface area contributed by atoms with Crippen LogP contribution in [0.1, 0.15) is 26.7 Å². The Kier molecular flexibility index (Phi) is 4.23. The molecule has 0 radical (unpaired) electrons. The normalized spacial score (nSPS) is 19.9. The monoisotopic (exact) mass is 251 g/mol. The van der Waals surface area contributed by atoms with Crippen molar-refractivity contribution in [2.75, 3.05) is 24.6 Å². The fourth-order valence-corrected chi connectivity index (χ4v) is 2.44. The summed E-state index contributed by atoms with van der Waals surface area (Å²) in [4.78, 5) is 18.4. The number of carbonyl (C=O) groups excluding carboxylic acids is 1. The number of anilines is 1. The van der Waals surface area contributed by atoms with Crippen LogP contribution in [-0.4, -0.2) is 35.2 Å². The Labute approximate surface area is 108 Å². The molecule has 0 aliphatic carbocycles. The first-order chi connectivity index (χ1) is 8.76. The molecule has 0 bridgehead atoms. The molecule has 0 aromatic carbocycles. The predicted molar refractivity (Wildman–Crippen MR) is 69.5 cm³/mol. The Hall–Kier alpha value is -1.52. The molecule has 1 unspecified atom stereocenters. The standard InChI is InChI=1S/C13H21N3O2/c1-3-15-9-7-14-13(15)16-8-5-6-11(10-16)12(17)18-4-2/h7,9,11H,3-6,8,10H2,1-2H3. The summed E-state index contributed by atoms with van der Waals surface area (Å²) in [5, 5.41) is 0. The Morgan fingerprint density at radius 3 is 3.11 bits per heavy atom. The predicted octanol–water partition coefficient (Wildman–Crippen LogP) is 1.68. The molecule has 1 aliphatic heterocycles. The van der Waals surface area contributed by atoms with E-state index in [9.17, 15) is 4.79 Å². The highest BCUT2D eigenvalue weighted by atomic mass is 16.5. The average Bonchev–Trinajstić information content (AvgIpc) is 2.87. The van der Waals surface area contributed by atoms with Crippen LogP contribution in [-0.2, 0) is 16.1 Å². The van der Waals surface area contributed by atoms with E-state index in [1.165, 1.54) is 0 Å². The van der Waals surface area contributed by atoms with Gasteiger partial charge in [0.25, 0.3) is 0 Å². The molecular weight excluding hydrogens is 230 g/mol. The summed E-state index contributed by atoms with van der Waals surface area (Å²) in [6.45, 7) is 6.98. The number of hydrogen-bond donors (Lipinski definition) is 0. The zero-order valence-electron chi connectivity index (χ0n) is 11.1. The van der Waals surface area contributed by atoms with Crippen LogP contribution in [0.2, 0.25) is 0 Å². The minimum Gasteiger partial charge on any atom is -0.466 e. The van der Waals surface area contributed by atoms with E-state index in [1.807, 2.05) is 19.3 Å². The van der Waals surface area contributed by atoms with Gasteiger partial charge in [-0.15, -0.1) is 0 Å². The molecule has 1 aliphatic rings. The summed E-state index contributed by atoms with van der Waals surface area (Å²) >= 11 is 0. The fraction of sp³-hybridized carbons (Fsp3) is 0.692. The van der Waals surface area contributed by atoms with Crippen molar-refractivity contribution in [3.8, 4) is 0 Å². The van der Waals surface area contributed by atoms with E-state index >= 15 is 0 Å². The molecule has 1 fully saturated rings. The summed E-state index contributed by atoms with van der Waals surface area (Å²) in [5.41, 5.74) is 0. The average molecular weight is 251 g/mol. The molecular formula is C13H21N3O2. The lowest BCUT2D eigenvalue weighted by Crippen LogP contribution is -2.40. The Morgan fingerprint density at radius 2 is 2.39 bits per heavy atom. The van der Waals surface area contributed by atoms with E-state index in [-0.39, 0.29) is 11.9 Å². The second kappa shape index (κ2) is 5.89. The number of ether oxygens (including phenoxy) is 1. The molecule has 1 saturated heterocycles. The Bertz CT molecular complexity index is 403. The lowest BCUT2D eigenvalue weighted by atomic mass is 9.98. The van der Waals surface area contributed by atoms with Gasteiger partial charge in [-0.1, -0.05) is 0 Å². The smallest absolute Gasteiger partial charge is 0.310 e. The summed E-state index contributed by atoms with van der Waals surface area (Å²) in [6, 6.07) is 0. The third kappa shape index (κ3) is 2.66. The molecule has 2 rings (SSSR count). The summed E-state index contributed by atoms with van der Waals surface area (Å²) in [7, 11) is 0. The number of nitrogens with zero attached hydrogens (tertiary/aromatic N) is 3. The summed E-state index contributed by atoms with van der Waals surface area (Å²) < 4.78 is 7.22. The number of carbonyl (C=O) groups is 1. The van der Waals surface area contributed by atoms with Crippen LogP contribution in [0.5, 0.6) is 0 Å². The van der Waals surface area contributed by atoms with Crippen molar-refractivity contribution < 1.29 is 9.53 Å². The second-order valence-electron chi connectivity index (χ2n) is 4.55. The molecule has 5 nitrogen and oxygen atoms in total. The van der Waals surface area contributed by atoms with Crippen LogP contribution >= 0.6 is 0 Å². The van der Waals surface area contributed by atoms with Gasteiger partial charge in [0.2, 0.25) is 5.95 Å². The lowest BCUT2D eigenvalue weighted by molar-refractivity contribution is -0.148. The van der Waals surface area contributed by atoms with E-state index in [1.54, 1.807) is 0 Å². The highest BCUT2D eigenvalue weighted by Gasteiger charge is 2.28. The van der Waals surface area contributed by atoms with E-state index in [0.717, 1.165) is 38.4 Å². The minimum atomic E-state index is -0.0724. The van der Waals surface area contributed by atoms with Gasteiger partial charge in [-0.25, -0.2) is 4.98 Å². The SMILES string of the molecule is CCOC(=O)C1CCCN(c2nccn2CC)C1. The van der Waals surface area contributed by atoms with Crippen molar-refractivity contribution in [2.45, 2.75) is 33.2 Å². The highest BCUT2D eigenvalue weighted by Crippen LogP contribution is 2.22. The number of imidazole rings is 1. The number of aromatic nitrogens is 2. The molecule has 0 spiro atoms. The van der Waals surface area contributed by atoms with Crippen molar-refractivity contribution in [3.63, 3.8) is 0 Å². The maximum Gasteiger partial charge on any atom is 0.310 e. The van der Waals surface area contributed by atoms with E-state index in [2.05, 4.69) is 21.4 Å². The molecule has 0 amide bonds. The fourth-order valence-electron chi connectivity index (χ4n) is 2.44. The first kappa shape index (κ1) is 12.9. The van der Waals surface area contributed by atoms with Gasteiger partial charge in [0.05, 0.1) is 12.5 Å². The zero-order chi connectivity index (χ0) is 13.0. The van der Waals surface area contributed by atoms with Crippen LogP contribution in [0, 0.1) is 5.92 Å². The van der Waals surface area contributed by atoms with Crippen molar-refractivity contribution >= 4 is 11.9 Å². The third-order valence-corrected chi connectivity index (χ3v) is 3.36. The van der Waals surface area contributed by atoms with Gasteiger partial charge >= 0.3 is 5.97 Å². The van der Waals surface area contributed by atoms with Gasteiger partial charge < -0.3 is 14.2 Å². The zero-order valence-corrected chi connectivity index (χ0v) is 11.1. The van der Waals surface area contributed by atoms with Crippen molar-refractivity contribution in [1.82, 2.24) is 9.55 Å². The lowest BCUT2D eigenvalue weighted by Gasteiger charge is -2.32. The first-order valence-electron chi connectivity index (χ1n) is 6.69. The number of piperidine rings is 1. The molecule has 0 N–H and O–H groups in total. The van der Waals surface area contributed by atoms with Gasteiger partial charge in [0.1, 0.15) is 0 Å². The van der Waals surface area contributed by atoms with Crippen molar-refractivity contribution in [1.29, 1.82) is 0 Å². The van der Waals surface area contributed by atoms with Crippen LogP contribution in [0.15, 0.2) is 12.4 Å². The molecule has 1 aromatic heterocycles. The van der Waals surface area contributed by atoms with Crippen molar-refractivity contribution in [3.05, 3.63) is 12.4 Å². The molecule has 1 aromatic rings. The topological polar surface area (TPSA) is 47.4 Å². The molecule has 18 heavy (non-hydrogen) atoms. The Morgan fingerprint density at radius 1 is 1.56 bits per heavy atom. The molecule has 5 heteroatoms. The maximum absolute atomic E-state index is 11.8. The van der Waals surface area contributed by atoms with Crippen LogP contribution in [0.4, 0.5) is 5.95 Å². The summed E-state index contributed by atoms with van der Waals surface area (Å²) in [6.07, 6.45) is 5.72. The molecule has 1 atom stereocenters. The van der Waals surface area contributed by atoms with Gasteiger partial charge in [-0.2, -0.15) is 0 Å². The number of aryl methyl sites for hydroxylation is 1. The maximum atomic E-state index is 11.8. The van der Waals surface area contributed by atoms with Gasteiger partial charge in [0.15, 0.2) is 0 Å². The molecule has 2 heterocycles. The van der Waals surface area contributed by atoms with E-state index in [4.69, 9.17) is 4.74 Å². The largest absolute Gasteiger partial charge is 0.466 e. The Balaban J connectivity index is 2.04. The van der Waals surface area contributed by atoms with Crippen molar-refractivity contribution in [2.24, 2.45) is 5.92 Å². The highest BCUT2D eigenvalue weighted by molar-refractivity contribution is 5.73. The van der Waals surface area contributed by atoms with Crippen LogP contribution in [0.25, 0.3) is 0 Å². The quantitative estimate of drug-likeness (QED) is 0.764. The van der Waals surface area contributed by atoms with Crippen LogP contribution in [0.3, 0.4) is 0 Å². The first-order valence-corrected chi connectivity index (χ1v) is 6.69. The third-order valence-electron chi connectivity index (χ3n) is 3.36. The number of rotatable bonds is 4. The molecule has 0 saturated carbocycles. The van der Waals surface area contributed by atoms with Gasteiger partial charge in [-0.05, 0) is 26.7 Å². The van der Waals surface area contributed by atoms with Gasteiger partial charge in [-0.3, -0.25) is 4.79 Å². The number of esters is 1. The molecule has 100 valence electrons. The number of hydrogen-bond acceptors (Lipinski definition) is 4. The minimum absolute atomic E-state index is 0.0132. The van der Waals surface area contributed by atoms with Gasteiger partial charge in [0, 0.05) is 32.0 Å². The van der Waals surface area contributed by atoms with E-state index < -0.39 is 0 Å². The van der Waals surface area contributed by atoms with E-state index in [0.29, 0.717) is 6.61 Å². The summed E-state index contributed by atoms with van der Waals surface area (Å²) in [5.74, 6) is 0.879. The second-order valence-corrected chi connectivity index (χ2v) is 4.55.